The summed E-state index contributed by atoms with van der Waals surface area (Å²) in [7, 11) is -0.361. The smallest absolute Gasteiger partial charge is 0.354 e. The van der Waals surface area contributed by atoms with E-state index in [1.54, 1.807) is 12.5 Å². The van der Waals surface area contributed by atoms with Gasteiger partial charge in [0.15, 0.2) is 10.8 Å². The predicted octanol–water partition coefficient (Wildman–Crippen LogP) is 11.8. The summed E-state index contributed by atoms with van der Waals surface area (Å²) in [5.41, 5.74) is 19.6. The Balaban J connectivity index is 0.000000919. The molecule has 7 aromatic rings. The van der Waals surface area contributed by atoms with E-state index in [1.165, 1.54) is 16.7 Å². The van der Waals surface area contributed by atoms with Crippen molar-refractivity contribution in [3.8, 4) is 44.5 Å². The van der Waals surface area contributed by atoms with E-state index in [1.807, 2.05) is 24.5 Å². The SMILES string of the molecule is CS(C)=[OH+].Cc1ccc(-c2c3nc(c(-c4ccc(C)cc4)c4ccc([nH]4)c(-c4ccc(C)cc4)c4nc(c(-c5ccncc5)c5ccc2[nH]5)C=C4)C=C3)cc1.[Pt+2]. The van der Waals surface area contributed by atoms with Gasteiger partial charge in [-0.3, -0.25) is 9.19 Å². The first-order valence-electron chi connectivity index (χ1n) is 18.3. The van der Waals surface area contributed by atoms with E-state index in [4.69, 9.17) is 14.2 Å². The molecule has 0 saturated heterocycles. The van der Waals surface area contributed by atoms with Crippen molar-refractivity contribution in [2.75, 3.05) is 12.5 Å². The van der Waals surface area contributed by atoms with Crippen molar-refractivity contribution >= 4 is 57.2 Å². The average molecular weight is 932 g/mol. The summed E-state index contributed by atoms with van der Waals surface area (Å²) < 4.78 is 8.08. The van der Waals surface area contributed by atoms with Crippen LogP contribution in [0.2, 0.25) is 0 Å². The van der Waals surface area contributed by atoms with Crippen molar-refractivity contribution in [2.24, 2.45) is 0 Å². The van der Waals surface area contributed by atoms with Crippen LogP contribution in [0.5, 0.6) is 0 Å². The van der Waals surface area contributed by atoms with Gasteiger partial charge in [-0.15, -0.1) is 0 Å². The average Bonchev–Trinajstić information content (AvgIpc) is 4.02. The first-order valence-corrected chi connectivity index (χ1v) is 20.3. The number of aromatic amines is 2. The van der Waals surface area contributed by atoms with Crippen LogP contribution in [0.25, 0.3) is 90.9 Å². The number of nitrogens with one attached hydrogen (secondary N) is 2. The van der Waals surface area contributed by atoms with Gasteiger partial charge < -0.3 is 9.97 Å². The first-order chi connectivity index (χ1) is 26.7. The van der Waals surface area contributed by atoms with Gasteiger partial charge >= 0.3 is 21.1 Å². The van der Waals surface area contributed by atoms with Gasteiger partial charge in [0, 0.05) is 56.7 Å². The Morgan fingerprint density at radius 1 is 0.411 bits per heavy atom. The predicted molar refractivity (Wildman–Crippen MR) is 234 cm³/mol. The molecule has 4 aromatic heterocycles. The Morgan fingerprint density at radius 3 is 0.929 bits per heavy atom. The van der Waals surface area contributed by atoms with Crippen molar-refractivity contribution in [3.63, 3.8) is 0 Å². The third-order valence-corrected chi connectivity index (χ3v) is 9.74. The van der Waals surface area contributed by atoms with Crippen LogP contribution in [0, 0.1) is 20.8 Å². The number of hydrogen-bond acceptors (Lipinski definition) is 3. The van der Waals surface area contributed by atoms with Crippen LogP contribution >= 0.6 is 0 Å². The third kappa shape index (κ3) is 7.97. The van der Waals surface area contributed by atoms with E-state index >= 15 is 0 Å². The van der Waals surface area contributed by atoms with Gasteiger partial charge in [0.25, 0.3) is 0 Å². The molecule has 0 spiro atoms. The molecule has 56 heavy (non-hydrogen) atoms. The standard InChI is InChI=1S/C46H35N5.C2H6OS.Pt/c1-28-4-10-31(11-5-28)43-35-16-18-37(48-35)44(32-12-6-29(2)7-13-32)39-20-22-41(50-39)46(34-24-26-47-27-25-34)42-23-21-40(51-42)45(38-19-17-36(43)49-38)33-14-8-30(3)9-15-33;1-4(2)3;/h4-27,48,51H,1-3H3;1-2H3;/q;;+2/p+1. The van der Waals surface area contributed by atoms with Gasteiger partial charge in [0.2, 0.25) is 0 Å². The number of fused-ring (bicyclic) bond motifs is 8. The molecular formula is C48H42N5OPtS+3. The van der Waals surface area contributed by atoms with Crippen molar-refractivity contribution in [1.82, 2.24) is 24.9 Å². The summed E-state index contributed by atoms with van der Waals surface area (Å²) in [6.07, 6.45) is 15.7. The summed E-state index contributed by atoms with van der Waals surface area (Å²) in [6.45, 7) is 6.35. The van der Waals surface area contributed by atoms with Crippen LogP contribution in [0.1, 0.15) is 39.5 Å². The van der Waals surface area contributed by atoms with Gasteiger partial charge in [-0.05, 0) is 104 Å². The number of aromatic nitrogens is 5. The summed E-state index contributed by atoms with van der Waals surface area (Å²) in [5, 5.41) is 0. The zero-order valence-electron chi connectivity index (χ0n) is 31.9. The van der Waals surface area contributed by atoms with E-state index in [-0.39, 0.29) is 31.9 Å². The minimum Gasteiger partial charge on any atom is -0.354 e. The van der Waals surface area contributed by atoms with E-state index < -0.39 is 0 Å². The van der Waals surface area contributed by atoms with Crippen LogP contribution < -0.4 is 0 Å². The van der Waals surface area contributed by atoms with Gasteiger partial charge in [0.05, 0.1) is 35.3 Å². The minimum absolute atomic E-state index is 0. The zero-order valence-corrected chi connectivity index (χ0v) is 35.0. The Bertz CT molecular complexity index is 2750. The quantitative estimate of drug-likeness (QED) is 0.172. The number of nitrogens with zero attached hydrogens (tertiary/aromatic N) is 3. The maximum Gasteiger partial charge on any atom is 2.00 e. The minimum atomic E-state index is -0.361. The van der Waals surface area contributed by atoms with E-state index in [2.05, 4.69) is 157 Å². The number of rotatable bonds is 4. The molecule has 0 atom stereocenters. The molecule has 3 aromatic carbocycles. The van der Waals surface area contributed by atoms with Gasteiger partial charge in [-0.1, -0.05) is 89.5 Å². The summed E-state index contributed by atoms with van der Waals surface area (Å²) in [5.74, 6) is 0. The molecule has 6 nitrogen and oxygen atoms in total. The molecule has 8 heteroatoms. The summed E-state index contributed by atoms with van der Waals surface area (Å²) in [4.78, 5) is 22.7. The fraction of sp³-hybridized carbons (Fsp3) is 0.104. The molecule has 278 valence electrons. The summed E-state index contributed by atoms with van der Waals surface area (Å²) in [6, 6.07) is 38.8. The Labute approximate surface area is 344 Å². The van der Waals surface area contributed by atoms with Gasteiger partial charge in [-0.25, -0.2) is 9.97 Å². The largest absolute Gasteiger partial charge is 2.00 e. The van der Waals surface area contributed by atoms with E-state index in [9.17, 15) is 0 Å². The van der Waals surface area contributed by atoms with Crippen molar-refractivity contribution in [1.29, 1.82) is 0 Å². The van der Waals surface area contributed by atoms with Gasteiger partial charge in [0.1, 0.15) is 0 Å². The molecule has 9 rings (SSSR count). The number of pyridine rings is 1. The fourth-order valence-electron chi connectivity index (χ4n) is 7.10. The Morgan fingerprint density at radius 2 is 0.661 bits per heavy atom. The molecule has 0 fully saturated rings. The second-order valence-electron chi connectivity index (χ2n) is 14.1. The van der Waals surface area contributed by atoms with Crippen LogP contribution in [-0.2, 0) is 31.9 Å². The molecule has 0 unspecified atom stereocenters. The van der Waals surface area contributed by atoms with Crippen molar-refractivity contribution < 1.29 is 25.3 Å². The zero-order chi connectivity index (χ0) is 38.1. The number of aryl methyl sites for hydroxylation is 3. The topological polar surface area (TPSA) is 91.7 Å². The van der Waals surface area contributed by atoms with Crippen LogP contribution in [0.3, 0.4) is 0 Å². The number of hydrogen-bond donors (Lipinski definition) is 2. The molecule has 2 aliphatic rings. The molecule has 0 amide bonds. The second kappa shape index (κ2) is 16.5. The Hall–Kier alpha value is -5.75. The number of benzene rings is 3. The van der Waals surface area contributed by atoms with E-state index in [0.29, 0.717) is 0 Å². The van der Waals surface area contributed by atoms with Crippen LogP contribution in [0.15, 0.2) is 122 Å². The maximum absolute atomic E-state index is 8.08. The molecule has 3 N–H and O–H groups in total. The summed E-state index contributed by atoms with van der Waals surface area (Å²) >= 11 is 0. The molecule has 0 radical (unpaired) electrons. The van der Waals surface area contributed by atoms with Gasteiger partial charge in [-0.2, -0.15) is 0 Å². The van der Waals surface area contributed by atoms with E-state index in [0.717, 1.165) is 89.4 Å². The third-order valence-electron chi connectivity index (χ3n) is 9.74. The first kappa shape index (κ1) is 38.5. The molecule has 8 bridgehead atoms. The fourth-order valence-corrected chi connectivity index (χ4v) is 7.10. The molecule has 0 aliphatic carbocycles. The van der Waals surface area contributed by atoms with Crippen molar-refractivity contribution in [2.45, 2.75) is 20.8 Å². The molecule has 2 aliphatic heterocycles. The second-order valence-corrected chi connectivity index (χ2v) is 15.7. The molecule has 6 heterocycles. The van der Waals surface area contributed by atoms with Crippen molar-refractivity contribution in [3.05, 3.63) is 161 Å². The Kier molecular flexibility index (Phi) is 11.4. The molecule has 0 saturated carbocycles. The monoisotopic (exact) mass is 931 g/mol. The number of H-pyrrole nitrogens is 2. The normalized spacial score (nSPS) is 11.6. The molecular weight excluding hydrogens is 890 g/mol. The van der Waals surface area contributed by atoms with Crippen LogP contribution in [0.4, 0.5) is 0 Å². The maximum atomic E-state index is 8.08. The van der Waals surface area contributed by atoms with Crippen LogP contribution in [-0.4, -0.2) is 41.6 Å².